The first-order chi connectivity index (χ1) is 11.1. The van der Waals surface area contributed by atoms with Crippen LogP contribution in [0.25, 0.3) is 0 Å². The molecule has 23 heavy (non-hydrogen) atoms. The Morgan fingerprint density at radius 1 is 1.00 bits per heavy atom. The van der Waals surface area contributed by atoms with Crippen LogP contribution in [0, 0.1) is 6.92 Å². The standard InChI is InChI=1S/C19H24N2O2/c1-15-7-9-16(10-8-15)5-4-6-17-11-13-18(14-12-17)20-19(22)21(2)23-3/h7-14H,4-6H2,1-3H3,(H,20,22). The molecule has 2 aromatic carbocycles. The first-order valence-electron chi connectivity index (χ1n) is 7.82. The van der Waals surface area contributed by atoms with Gasteiger partial charge in [-0.05, 0) is 49.4 Å². The maximum Gasteiger partial charge on any atom is 0.345 e. The number of anilines is 1. The fraction of sp³-hybridized carbons (Fsp3) is 0.316. The second-order valence-electron chi connectivity index (χ2n) is 5.65. The summed E-state index contributed by atoms with van der Waals surface area (Å²) in [6.45, 7) is 2.11. The molecule has 0 heterocycles. The normalized spacial score (nSPS) is 10.4. The van der Waals surface area contributed by atoms with E-state index < -0.39 is 0 Å². The number of hydroxylamine groups is 2. The van der Waals surface area contributed by atoms with E-state index in [4.69, 9.17) is 4.84 Å². The van der Waals surface area contributed by atoms with Gasteiger partial charge in [-0.15, -0.1) is 0 Å². The number of nitrogens with zero attached hydrogens (tertiary/aromatic N) is 1. The van der Waals surface area contributed by atoms with E-state index >= 15 is 0 Å². The van der Waals surface area contributed by atoms with Crippen LogP contribution in [0.15, 0.2) is 48.5 Å². The maximum absolute atomic E-state index is 11.7. The number of benzene rings is 2. The van der Waals surface area contributed by atoms with Crippen molar-refractivity contribution in [3.63, 3.8) is 0 Å². The van der Waals surface area contributed by atoms with Crippen molar-refractivity contribution in [2.24, 2.45) is 0 Å². The van der Waals surface area contributed by atoms with E-state index in [0.29, 0.717) is 0 Å². The van der Waals surface area contributed by atoms with Crippen LogP contribution >= 0.6 is 0 Å². The summed E-state index contributed by atoms with van der Waals surface area (Å²) in [7, 11) is 3.02. The van der Waals surface area contributed by atoms with Crippen LogP contribution in [0.3, 0.4) is 0 Å². The minimum absolute atomic E-state index is 0.292. The van der Waals surface area contributed by atoms with Crippen LogP contribution in [0.4, 0.5) is 10.5 Å². The van der Waals surface area contributed by atoms with Crippen molar-refractivity contribution in [1.82, 2.24) is 5.06 Å². The van der Waals surface area contributed by atoms with Crippen molar-refractivity contribution < 1.29 is 9.63 Å². The fourth-order valence-electron chi connectivity index (χ4n) is 2.29. The van der Waals surface area contributed by atoms with E-state index in [0.717, 1.165) is 30.0 Å². The van der Waals surface area contributed by atoms with Crippen LogP contribution in [-0.4, -0.2) is 25.3 Å². The summed E-state index contributed by atoms with van der Waals surface area (Å²) in [5.74, 6) is 0. The number of hydrogen-bond donors (Lipinski definition) is 1. The monoisotopic (exact) mass is 312 g/mol. The Kier molecular flexibility index (Phi) is 6.18. The summed E-state index contributed by atoms with van der Waals surface area (Å²) in [6, 6.07) is 16.4. The topological polar surface area (TPSA) is 41.6 Å². The molecule has 0 bridgehead atoms. The van der Waals surface area contributed by atoms with Crippen LogP contribution in [-0.2, 0) is 17.7 Å². The van der Waals surface area contributed by atoms with E-state index in [-0.39, 0.29) is 6.03 Å². The third-order valence-corrected chi connectivity index (χ3v) is 3.82. The number of hydrogen-bond acceptors (Lipinski definition) is 2. The molecule has 2 rings (SSSR count). The van der Waals surface area contributed by atoms with Gasteiger partial charge in [0, 0.05) is 12.7 Å². The van der Waals surface area contributed by atoms with E-state index in [1.807, 2.05) is 12.1 Å². The zero-order valence-corrected chi connectivity index (χ0v) is 14.0. The summed E-state index contributed by atoms with van der Waals surface area (Å²) in [5.41, 5.74) is 4.71. The van der Waals surface area contributed by atoms with Gasteiger partial charge in [-0.3, -0.25) is 4.84 Å². The van der Waals surface area contributed by atoms with Gasteiger partial charge < -0.3 is 5.32 Å². The minimum Gasteiger partial charge on any atom is -0.306 e. The second-order valence-corrected chi connectivity index (χ2v) is 5.65. The van der Waals surface area contributed by atoms with E-state index in [9.17, 15) is 4.79 Å². The molecular formula is C19H24N2O2. The lowest BCUT2D eigenvalue weighted by atomic mass is 10.0. The third-order valence-electron chi connectivity index (χ3n) is 3.82. The van der Waals surface area contributed by atoms with Crippen molar-refractivity contribution in [3.05, 3.63) is 65.2 Å². The number of urea groups is 1. The Morgan fingerprint density at radius 3 is 2.04 bits per heavy atom. The van der Waals surface area contributed by atoms with Gasteiger partial charge in [0.05, 0.1) is 7.11 Å². The maximum atomic E-state index is 11.7. The highest BCUT2D eigenvalue weighted by Gasteiger charge is 2.07. The molecule has 0 atom stereocenters. The Labute approximate surface area is 138 Å². The predicted molar refractivity (Wildman–Crippen MR) is 93.4 cm³/mol. The van der Waals surface area contributed by atoms with Crippen molar-refractivity contribution in [2.45, 2.75) is 26.2 Å². The second kappa shape index (κ2) is 8.34. The Morgan fingerprint density at radius 2 is 1.52 bits per heavy atom. The molecule has 0 aromatic heterocycles. The average Bonchev–Trinajstić information content (AvgIpc) is 2.57. The zero-order valence-electron chi connectivity index (χ0n) is 14.0. The SMILES string of the molecule is CON(C)C(=O)Nc1ccc(CCCc2ccc(C)cc2)cc1. The summed E-state index contributed by atoms with van der Waals surface area (Å²) >= 11 is 0. The average molecular weight is 312 g/mol. The molecule has 0 saturated carbocycles. The van der Waals surface area contributed by atoms with Gasteiger partial charge in [0.15, 0.2) is 0 Å². The lowest BCUT2D eigenvalue weighted by Crippen LogP contribution is -2.30. The molecule has 2 amide bonds. The molecule has 0 spiro atoms. The Balaban J connectivity index is 1.80. The fourth-order valence-corrected chi connectivity index (χ4v) is 2.29. The van der Waals surface area contributed by atoms with Crippen molar-refractivity contribution in [1.29, 1.82) is 0 Å². The summed E-state index contributed by atoms with van der Waals surface area (Å²) in [6.07, 6.45) is 3.22. The van der Waals surface area contributed by atoms with Crippen LogP contribution in [0.5, 0.6) is 0 Å². The first-order valence-corrected chi connectivity index (χ1v) is 7.82. The molecule has 0 fully saturated rings. The molecule has 1 N–H and O–H groups in total. The number of nitrogens with one attached hydrogen (secondary N) is 1. The highest BCUT2D eigenvalue weighted by atomic mass is 16.7. The lowest BCUT2D eigenvalue weighted by Gasteiger charge is -2.14. The predicted octanol–water partition coefficient (Wildman–Crippen LogP) is 4.20. The summed E-state index contributed by atoms with van der Waals surface area (Å²) in [4.78, 5) is 16.5. The highest BCUT2D eigenvalue weighted by molar-refractivity contribution is 5.88. The quantitative estimate of drug-likeness (QED) is 0.812. The summed E-state index contributed by atoms with van der Waals surface area (Å²) in [5, 5.41) is 3.92. The first kappa shape index (κ1) is 17.0. The Hall–Kier alpha value is -2.33. The van der Waals surface area contributed by atoms with Gasteiger partial charge in [0.25, 0.3) is 0 Å². The molecule has 4 nitrogen and oxygen atoms in total. The van der Waals surface area contributed by atoms with Crippen LogP contribution in [0.2, 0.25) is 0 Å². The van der Waals surface area contributed by atoms with Crippen LogP contribution < -0.4 is 5.32 Å². The molecule has 0 unspecified atom stereocenters. The zero-order chi connectivity index (χ0) is 16.7. The molecule has 0 radical (unpaired) electrons. The van der Waals surface area contributed by atoms with E-state index in [2.05, 4.69) is 48.6 Å². The van der Waals surface area contributed by atoms with Crippen LogP contribution in [0.1, 0.15) is 23.1 Å². The molecule has 0 saturated heterocycles. The van der Waals surface area contributed by atoms with E-state index in [1.54, 1.807) is 7.05 Å². The lowest BCUT2D eigenvalue weighted by molar-refractivity contribution is -0.0598. The molecule has 122 valence electrons. The van der Waals surface area contributed by atoms with Crippen molar-refractivity contribution in [2.75, 3.05) is 19.5 Å². The summed E-state index contributed by atoms with van der Waals surface area (Å²) < 4.78 is 0. The van der Waals surface area contributed by atoms with Gasteiger partial charge in [0.1, 0.15) is 0 Å². The van der Waals surface area contributed by atoms with Gasteiger partial charge >= 0.3 is 6.03 Å². The Bertz CT molecular complexity index is 621. The van der Waals surface area contributed by atoms with Crippen molar-refractivity contribution in [3.8, 4) is 0 Å². The number of rotatable bonds is 6. The number of carbonyl (C=O) groups is 1. The smallest absolute Gasteiger partial charge is 0.306 e. The van der Waals surface area contributed by atoms with Gasteiger partial charge in [-0.2, -0.15) is 0 Å². The molecule has 2 aromatic rings. The molecule has 0 aliphatic carbocycles. The number of carbonyl (C=O) groups excluding carboxylic acids is 1. The highest BCUT2D eigenvalue weighted by Crippen LogP contribution is 2.13. The number of amides is 2. The molecule has 4 heteroatoms. The van der Waals surface area contributed by atoms with Gasteiger partial charge in [-0.25, -0.2) is 9.86 Å². The van der Waals surface area contributed by atoms with Gasteiger partial charge in [-0.1, -0.05) is 42.0 Å². The van der Waals surface area contributed by atoms with E-state index in [1.165, 1.54) is 23.8 Å². The van der Waals surface area contributed by atoms with Gasteiger partial charge in [0.2, 0.25) is 0 Å². The largest absolute Gasteiger partial charge is 0.345 e. The number of aryl methyl sites for hydroxylation is 3. The molecule has 0 aliphatic heterocycles. The minimum atomic E-state index is -0.292. The third kappa shape index (κ3) is 5.42. The molecule has 0 aliphatic rings. The van der Waals surface area contributed by atoms with Crippen molar-refractivity contribution >= 4 is 11.7 Å². The molecular weight excluding hydrogens is 288 g/mol.